The van der Waals surface area contributed by atoms with Gasteiger partial charge in [-0.3, -0.25) is 9.59 Å². The number of carbonyl (C=O) groups excluding carboxylic acids is 2. The quantitative estimate of drug-likeness (QED) is 0.750. The van der Waals surface area contributed by atoms with Gasteiger partial charge in [0.05, 0.1) is 6.54 Å². The van der Waals surface area contributed by atoms with Crippen LogP contribution in [-0.2, 0) is 4.79 Å². The third-order valence-corrected chi connectivity index (χ3v) is 2.69. The monoisotopic (exact) mass is 253 g/mol. The highest BCUT2D eigenvalue weighted by Gasteiger charge is 2.21. The fourth-order valence-electron chi connectivity index (χ4n) is 1.67. The van der Waals surface area contributed by atoms with Gasteiger partial charge in [0.25, 0.3) is 5.91 Å². The Hall–Kier alpha value is -1.62. The molecule has 6 heteroatoms. The van der Waals surface area contributed by atoms with Crippen LogP contribution < -0.4 is 5.32 Å². The number of amides is 2. The molecule has 1 aliphatic rings. The molecule has 17 heavy (non-hydrogen) atoms. The maximum atomic E-state index is 12.1. The summed E-state index contributed by atoms with van der Waals surface area (Å²) in [6.45, 7) is 1.23. The van der Waals surface area contributed by atoms with Crippen molar-refractivity contribution in [2.45, 2.75) is 6.42 Å². The van der Waals surface area contributed by atoms with E-state index in [0.29, 0.717) is 13.1 Å². The molecule has 1 aromatic heterocycles. The molecule has 2 heterocycles. The third kappa shape index (κ3) is 2.94. The maximum absolute atomic E-state index is 12.1. The van der Waals surface area contributed by atoms with E-state index in [1.165, 1.54) is 4.90 Å². The molecule has 0 bridgehead atoms. The van der Waals surface area contributed by atoms with Gasteiger partial charge in [-0.05, 0) is 18.6 Å². The average Bonchev–Trinajstić information content (AvgIpc) is 2.53. The summed E-state index contributed by atoms with van der Waals surface area (Å²) in [5.74, 6) is -0.401. The van der Waals surface area contributed by atoms with Crippen LogP contribution in [0.2, 0.25) is 5.15 Å². The Balaban J connectivity index is 2.16. The SMILES string of the molecule is O=C1CN(C(=O)c2cccc(Cl)n2)CCCN1. The van der Waals surface area contributed by atoms with Crippen molar-refractivity contribution in [2.24, 2.45) is 0 Å². The van der Waals surface area contributed by atoms with Gasteiger partial charge < -0.3 is 10.2 Å². The number of pyridine rings is 1. The second-order valence-electron chi connectivity index (χ2n) is 3.78. The number of halogens is 1. The summed E-state index contributed by atoms with van der Waals surface area (Å²) in [5, 5.41) is 2.99. The molecule has 1 N–H and O–H groups in total. The molecule has 0 aromatic carbocycles. The van der Waals surface area contributed by atoms with Crippen molar-refractivity contribution in [1.29, 1.82) is 0 Å². The summed E-state index contributed by atoms with van der Waals surface area (Å²) < 4.78 is 0. The number of rotatable bonds is 1. The molecular weight excluding hydrogens is 242 g/mol. The second-order valence-corrected chi connectivity index (χ2v) is 4.16. The van der Waals surface area contributed by atoms with Gasteiger partial charge in [0, 0.05) is 13.1 Å². The molecule has 0 atom stereocenters. The summed E-state index contributed by atoms with van der Waals surface area (Å²) in [6, 6.07) is 4.87. The number of nitrogens with one attached hydrogen (secondary N) is 1. The minimum Gasteiger partial charge on any atom is -0.354 e. The van der Waals surface area contributed by atoms with Crippen molar-refractivity contribution in [3.8, 4) is 0 Å². The van der Waals surface area contributed by atoms with Crippen LogP contribution in [0.1, 0.15) is 16.9 Å². The lowest BCUT2D eigenvalue weighted by atomic mass is 10.3. The van der Waals surface area contributed by atoms with Gasteiger partial charge in [0.1, 0.15) is 10.8 Å². The van der Waals surface area contributed by atoms with Crippen molar-refractivity contribution in [3.63, 3.8) is 0 Å². The van der Waals surface area contributed by atoms with Crippen LogP contribution in [0.5, 0.6) is 0 Å². The molecule has 0 saturated carbocycles. The van der Waals surface area contributed by atoms with E-state index < -0.39 is 0 Å². The van der Waals surface area contributed by atoms with Crippen LogP contribution in [0.3, 0.4) is 0 Å². The Bertz CT molecular complexity index is 450. The van der Waals surface area contributed by atoms with Crippen molar-refractivity contribution in [1.82, 2.24) is 15.2 Å². The highest BCUT2D eigenvalue weighted by Crippen LogP contribution is 2.09. The smallest absolute Gasteiger partial charge is 0.272 e. The minimum atomic E-state index is -0.260. The predicted octanol–water partition coefficient (Wildman–Crippen LogP) is 0.697. The lowest BCUT2D eigenvalue weighted by Crippen LogP contribution is -2.37. The first-order valence-corrected chi connectivity index (χ1v) is 5.73. The molecule has 0 aliphatic carbocycles. The van der Waals surface area contributed by atoms with Crippen molar-refractivity contribution < 1.29 is 9.59 Å². The van der Waals surface area contributed by atoms with Gasteiger partial charge >= 0.3 is 0 Å². The first kappa shape index (κ1) is 11.9. The van der Waals surface area contributed by atoms with E-state index in [0.717, 1.165) is 6.42 Å². The molecule has 5 nitrogen and oxygen atoms in total. The molecule has 0 spiro atoms. The fourth-order valence-corrected chi connectivity index (χ4v) is 1.83. The molecule has 2 rings (SSSR count). The van der Waals surface area contributed by atoms with E-state index in [2.05, 4.69) is 10.3 Å². The average molecular weight is 254 g/mol. The normalized spacial score (nSPS) is 16.3. The topological polar surface area (TPSA) is 62.3 Å². The Labute approximate surface area is 104 Å². The van der Waals surface area contributed by atoms with E-state index in [1.807, 2.05) is 0 Å². The zero-order valence-electron chi connectivity index (χ0n) is 9.15. The van der Waals surface area contributed by atoms with Crippen LogP contribution in [0.25, 0.3) is 0 Å². The van der Waals surface area contributed by atoms with Crippen molar-refractivity contribution >= 4 is 23.4 Å². The van der Waals surface area contributed by atoms with Crippen LogP contribution in [-0.4, -0.2) is 41.3 Å². The number of hydrogen-bond donors (Lipinski definition) is 1. The Morgan fingerprint density at radius 2 is 2.29 bits per heavy atom. The first-order chi connectivity index (χ1) is 8.16. The van der Waals surface area contributed by atoms with Gasteiger partial charge in [-0.2, -0.15) is 0 Å². The summed E-state index contributed by atoms with van der Waals surface area (Å²) in [7, 11) is 0. The first-order valence-electron chi connectivity index (χ1n) is 5.35. The molecule has 0 unspecified atom stereocenters. The van der Waals surface area contributed by atoms with Crippen LogP contribution in [0, 0.1) is 0 Å². The molecule has 2 amide bonds. The van der Waals surface area contributed by atoms with Crippen LogP contribution in [0.15, 0.2) is 18.2 Å². The largest absolute Gasteiger partial charge is 0.354 e. The number of nitrogens with zero attached hydrogens (tertiary/aromatic N) is 2. The fraction of sp³-hybridized carbons (Fsp3) is 0.364. The zero-order valence-corrected chi connectivity index (χ0v) is 9.91. The molecule has 1 saturated heterocycles. The van der Waals surface area contributed by atoms with Gasteiger partial charge in [-0.15, -0.1) is 0 Å². The van der Waals surface area contributed by atoms with E-state index in [-0.39, 0.29) is 29.2 Å². The van der Waals surface area contributed by atoms with Gasteiger partial charge in [0.2, 0.25) is 5.91 Å². The van der Waals surface area contributed by atoms with Crippen LogP contribution in [0.4, 0.5) is 0 Å². The number of carbonyl (C=O) groups is 2. The predicted molar refractivity (Wildman–Crippen MR) is 62.8 cm³/mol. The van der Waals surface area contributed by atoms with Gasteiger partial charge in [-0.1, -0.05) is 17.7 Å². The maximum Gasteiger partial charge on any atom is 0.272 e. The van der Waals surface area contributed by atoms with E-state index in [1.54, 1.807) is 18.2 Å². The number of hydrogen-bond acceptors (Lipinski definition) is 3. The lowest BCUT2D eigenvalue weighted by Gasteiger charge is -2.18. The molecule has 90 valence electrons. The van der Waals surface area contributed by atoms with E-state index in [4.69, 9.17) is 11.6 Å². The minimum absolute atomic E-state index is 0.0764. The highest BCUT2D eigenvalue weighted by molar-refractivity contribution is 6.29. The molecule has 1 aromatic rings. The Kier molecular flexibility index (Phi) is 3.58. The second kappa shape index (κ2) is 5.14. The molecule has 1 fully saturated rings. The summed E-state index contributed by atoms with van der Waals surface area (Å²) in [6.07, 6.45) is 0.748. The zero-order chi connectivity index (χ0) is 12.3. The van der Waals surface area contributed by atoms with Crippen LogP contribution >= 0.6 is 11.6 Å². The standard InChI is InChI=1S/C11H12ClN3O2/c12-9-4-1-3-8(14-9)11(17)15-6-2-5-13-10(16)7-15/h1,3-4H,2,5-7H2,(H,13,16). The molecule has 1 aliphatic heterocycles. The highest BCUT2D eigenvalue weighted by atomic mass is 35.5. The summed E-state index contributed by atoms with van der Waals surface area (Å²) >= 11 is 5.73. The van der Waals surface area contributed by atoms with Gasteiger partial charge in [0.15, 0.2) is 0 Å². The van der Waals surface area contributed by atoms with E-state index >= 15 is 0 Å². The third-order valence-electron chi connectivity index (χ3n) is 2.48. The van der Waals surface area contributed by atoms with E-state index in [9.17, 15) is 9.59 Å². The molecular formula is C11H12ClN3O2. The number of aromatic nitrogens is 1. The van der Waals surface area contributed by atoms with Gasteiger partial charge in [-0.25, -0.2) is 4.98 Å². The summed E-state index contributed by atoms with van der Waals surface area (Å²) in [5.41, 5.74) is 0.271. The Morgan fingerprint density at radius 1 is 1.47 bits per heavy atom. The van der Waals surface area contributed by atoms with Crippen molar-refractivity contribution in [3.05, 3.63) is 29.0 Å². The lowest BCUT2D eigenvalue weighted by molar-refractivity contribution is -0.121. The van der Waals surface area contributed by atoms with Crippen molar-refractivity contribution in [2.75, 3.05) is 19.6 Å². The Morgan fingerprint density at radius 3 is 3.06 bits per heavy atom. The summed E-state index contributed by atoms with van der Waals surface area (Å²) in [4.78, 5) is 28.9. The molecule has 0 radical (unpaired) electrons.